The Morgan fingerprint density at radius 1 is 1.06 bits per heavy atom. The molecule has 33 heavy (non-hydrogen) atoms. The molecule has 1 saturated heterocycles. The van der Waals surface area contributed by atoms with E-state index in [1.807, 2.05) is 0 Å². The van der Waals surface area contributed by atoms with Gasteiger partial charge in [0.25, 0.3) is 5.91 Å². The molecule has 2 aromatic carbocycles. The third-order valence-electron chi connectivity index (χ3n) is 5.23. The van der Waals surface area contributed by atoms with E-state index >= 15 is 0 Å². The van der Waals surface area contributed by atoms with Gasteiger partial charge in [-0.05, 0) is 36.0 Å². The molecule has 0 bridgehead atoms. The Bertz CT molecular complexity index is 1230. The summed E-state index contributed by atoms with van der Waals surface area (Å²) in [7, 11) is -4.01. The van der Waals surface area contributed by atoms with Gasteiger partial charge in [-0.1, -0.05) is 36.4 Å². The summed E-state index contributed by atoms with van der Waals surface area (Å²) in [5.41, 5.74) is 0.477. The van der Waals surface area contributed by atoms with Gasteiger partial charge in [-0.15, -0.1) is 0 Å². The van der Waals surface area contributed by atoms with Gasteiger partial charge >= 0.3 is 10.1 Å². The fourth-order valence-corrected chi connectivity index (χ4v) is 5.41. The van der Waals surface area contributed by atoms with Crippen molar-refractivity contribution in [3.8, 4) is 11.8 Å². The second kappa shape index (κ2) is 10.2. The van der Waals surface area contributed by atoms with E-state index in [-0.39, 0.29) is 16.6 Å². The van der Waals surface area contributed by atoms with Gasteiger partial charge in [0.2, 0.25) is 0 Å². The maximum atomic E-state index is 12.6. The first-order valence-electron chi connectivity index (χ1n) is 10.4. The Morgan fingerprint density at radius 2 is 1.76 bits per heavy atom. The van der Waals surface area contributed by atoms with E-state index in [0.717, 1.165) is 32.7 Å². The minimum Gasteiger partial charge on any atom is -0.378 e. The largest absolute Gasteiger partial charge is 0.378 e. The Balaban J connectivity index is 1.47. The van der Waals surface area contributed by atoms with Crippen molar-refractivity contribution in [1.82, 2.24) is 9.80 Å². The number of rotatable bonds is 6. The smallest absolute Gasteiger partial charge is 0.339 e. The van der Waals surface area contributed by atoms with Crippen LogP contribution in [0, 0.1) is 11.3 Å². The van der Waals surface area contributed by atoms with Crippen molar-refractivity contribution in [2.75, 3.05) is 32.7 Å². The molecule has 0 atom stereocenters. The van der Waals surface area contributed by atoms with Crippen LogP contribution < -0.4 is 4.18 Å². The molecule has 170 valence electrons. The van der Waals surface area contributed by atoms with Crippen LogP contribution >= 0.6 is 11.8 Å². The molecule has 4 rings (SSSR count). The highest BCUT2D eigenvalue weighted by molar-refractivity contribution is 8.18. The number of aliphatic imine (C=N–C) groups is 1. The number of amidine groups is 1. The minimum absolute atomic E-state index is 0.0540. The molecule has 0 aromatic heterocycles. The second-order valence-corrected chi connectivity index (χ2v) is 9.99. The zero-order valence-electron chi connectivity index (χ0n) is 17.8. The number of nitrogens with zero attached hydrogens (tertiary/aromatic N) is 4. The predicted molar refractivity (Wildman–Crippen MR) is 127 cm³/mol. The number of piperazine rings is 1. The molecule has 10 heteroatoms. The highest BCUT2D eigenvalue weighted by atomic mass is 32.2. The molecule has 0 spiro atoms. The lowest BCUT2D eigenvalue weighted by atomic mass is 10.2. The number of hydrogen-bond donors (Lipinski definition) is 0. The maximum Gasteiger partial charge on any atom is 0.339 e. The van der Waals surface area contributed by atoms with Crippen molar-refractivity contribution in [2.24, 2.45) is 4.99 Å². The summed E-state index contributed by atoms with van der Waals surface area (Å²) < 4.78 is 30.7. The van der Waals surface area contributed by atoms with Gasteiger partial charge in [0, 0.05) is 44.7 Å². The zero-order valence-corrected chi connectivity index (χ0v) is 19.4. The molecule has 2 aliphatic heterocycles. The van der Waals surface area contributed by atoms with Crippen molar-refractivity contribution >= 4 is 39.0 Å². The fourth-order valence-electron chi connectivity index (χ4n) is 3.47. The molecule has 1 fully saturated rings. The van der Waals surface area contributed by atoms with E-state index in [9.17, 15) is 13.2 Å². The third kappa shape index (κ3) is 5.63. The quantitative estimate of drug-likeness (QED) is 0.457. The van der Waals surface area contributed by atoms with Gasteiger partial charge < -0.3 is 9.08 Å². The summed E-state index contributed by atoms with van der Waals surface area (Å²) in [4.78, 5) is 21.5. The molecule has 0 N–H and O–H groups in total. The first-order chi connectivity index (χ1) is 16.0. The molecule has 1 amide bonds. The van der Waals surface area contributed by atoms with Crippen molar-refractivity contribution < 1.29 is 17.4 Å². The summed E-state index contributed by atoms with van der Waals surface area (Å²) in [5.74, 6) is -0.218. The van der Waals surface area contributed by atoms with E-state index in [4.69, 9.17) is 9.44 Å². The third-order valence-corrected chi connectivity index (χ3v) is 7.52. The summed E-state index contributed by atoms with van der Waals surface area (Å²) in [6, 6.07) is 16.7. The fraction of sp³-hybridized carbons (Fsp3) is 0.261. The van der Waals surface area contributed by atoms with Crippen LogP contribution in [0.4, 0.5) is 0 Å². The van der Waals surface area contributed by atoms with E-state index in [0.29, 0.717) is 22.1 Å². The van der Waals surface area contributed by atoms with Crippen molar-refractivity contribution in [2.45, 2.75) is 11.3 Å². The molecule has 2 aromatic rings. The second-order valence-electron chi connectivity index (χ2n) is 7.44. The van der Waals surface area contributed by atoms with Crippen molar-refractivity contribution in [1.29, 1.82) is 5.26 Å². The van der Waals surface area contributed by atoms with Crippen LogP contribution in [0.5, 0.6) is 5.75 Å². The summed E-state index contributed by atoms with van der Waals surface area (Å²) in [6.07, 6.45) is 2.12. The molecule has 0 radical (unpaired) electrons. The van der Waals surface area contributed by atoms with E-state index < -0.39 is 10.1 Å². The zero-order chi connectivity index (χ0) is 23.3. The van der Waals surface area contributed by atoms with Crippen LogP contribution in [-0.2, 0) is 14.9 Å². The van der Waals surface area contributed by atoms with Crippen LogP contribution in [-0.4, -0.2) is 62.0 Å². The highest BCUT2D eigenvalue weighted by Crippen LogP contribution is 2.33. The molecule has 2 heterocycles. The summed E-state index contributed by atoms with van der Waals surface area (Å²) in [5, 5.41) is 9.39. The van der Waals surface area contributed by atoms with Crippen molar-refractivity contribution in [3.63, 3.8) is 0 Å². The minimum atomic E-state index is -4.01. The Hall–Kier alpha value is -3.13. The normalized spacial score (nSPS) is 18.3. The number of carbonyl (C=O) groups is 1. The van der Waals surface area contributed by atoms with Gasteiger partial charge in [0.15, 0.2) is 5.17 Å². The topological polar surface area (TPSA) is 103 Å². The first-order valence-corrected chi connectivity index (χ1v) is 12.6. The van der Waals surface area contributed by atoms with Crippen molar-refractivity contribution in [3.05, 3.63) is 65.1 Å². The van der Waals surface area contributed by atoms with Gasteiger partial charge in [0.1, 0.15) is 10.6 Å². The molecule has 0 saturated carbocycles. The van der Waals surface area contributed by atoms with Crippen LogP contribution in [0.2, 0.25) is 0 Å². The maximum absolute atomic E-state index is 12.6. The highest BCUT2D eigenvalue weighted by Gasteiger charge is 2.29. The average Bonchev–Trinajstić information content (AvgIpc) is 3.20. The Morgan fingerprint density at radius 3 is 2.48 bits per heavy atom. The van der Waals surface area contributed by atoms with Gasteiger partial charge in [-0.2, -0.15) is 18.7 Å². The number of carbonyl (C=O) groups excluding carboxylic acids is 1. The molecule has 0 aliphatic carbocycles. The lowest BCUT2D eigenvalue weighted by Gasteiger charge is -2.34. The van der Waals surface area contributed by atoms with Crippen LogP contribution in [0.1, 0.15) is 12.0 Å². The lowest BCUT2D eigenvalue weighted by molar-refractivity contribution is -0.113. The molecular weight excluding hydrogens is 460 g/mol. The van der Waals surface area contributed by atoms with Crippen LogP contribution in [0.25, 0.3) is 6.08 Å². The SMILES string of the molecule is N#CCCN1CCN(C2=NC(=O)/C(=C/c3ccccc3OS(=O)(=O)c3ccccc3)S2)CC1. The number of nitriles is 1. The monoisotopic (exact) mass is 482 g/mol. The Labute approximate surface area is 197 Å². The van der Waals surface area contributed by atoms with Gasteiger partial charge in [0.05, 0.1) is 11.0 Å². The number of para-hydroxylation sites is 1. The molecule has 0 unspecified atom stereocenters. The number of thioether (sulfide) groups is 1. The molecular formula is C23H22N4O4S2. The first kappa shape index (κ1) is 23.0. The Kier molecular flexibility index (Phi) is 7.13. The molecule has 2 aliphatic rings. The van der Waals surface area contributed by atoms with E-state index in [1.54, 1.807) is 48.5 Å². The number of hydrogen-bond acceptors (Lipinski definition) is 8. The number of amides is 1. The van der Waals surface area contributed by atoms with Crippen LogP contribution in [0.15, 0.2) is 69.4 Å². The van der Waals surface area contributed by atoms with E-state index in [1.165, 1.54) is 23.9 Å². The predicted octanol–water partition coefficient (Wildman–Crippen LogP) is 2.96. The lowest BCUT2D eigenvalue weighted by Crippen LogP contribution is -2.47. The number of benzene rings is 2. The van der Waals surface area contributed by atoms with Gasteiger partial charge in [-0.3, -0.25) is 9.69 Å². The standard InChI is InChI=1S/C23H22N4O4S2/c24-11-6-12-26-13-15-27(16-14-26)23-25-22(28)21(32-23)17-18-7-4-5-10-20(18)31-33(29,30)19-8-2-1-3-9-19/h1-5,7-10,17H,6,12-16H2/b21-17-. The summed E-state index contributed by atoms with van der Waals surface area (Å²) in [6.45, 7) is 3.82. The van der Waals surface area contributed by atoms with Crippen LogP contribution in [0.3, 0.4) is 0 Å². The van der Waals surface area contributed by atoms with Gasteiger partial charge in [-0.25, -0.2) is 0 Å². The molecule has 8 nitrogen and oxygen atoms in total. The summed E-state index contributed by atoms with van der Waals surface area (Å²) >= 11 is 1.27. The average molecular weight is 483 g/mol. The van der Waals surface area contributed by atoms with E-state index in [2.05, 4.69) is 20.9 Å².